The maximum Gasteiger partial charge on any atom is 0.347 e. The van der Waals surface area contributed by atoms with Crippen LogP contribution in [0.15, 0.2) is 97.2 Å². The highest BCUT2D eigenvalue weighted by Gasteiger charge is 2.28. The number of carbonyl (C=O) groups is 2. The number of nitrogens with zero attached hydrogens (tertiary/aromatic N) is 2. The molecule has 0 bridgehead atoms. The molecule has 0 saturated carbocycles. The van der Waals surface area contributed by atoms with E-state index in [1.165, 1.54) is 31.4 Å². The van der Waals surface area contributed by atoms with Crippen LogP contribution in [0.2, 0.25) is 0 Å². The number of fused-ring (bicyclic) bond motifs is 2. The van der Waals surface area contributed by atoms with Crippen LogP contribution in [0.3, 0.4) is 0 Å². The normalized spacial score (nSPS) is 12.0. The molecule has 1 amide bonds. The summed E-state index contributed by atoms with van der Waals surface area (Å²) in [7, 11) is 3.06. The molecule has 0 spiro atoms. The largest absolute Gasteiger partial charge is 0.503 e. The lowest BCUT2D eigenvalue weighted by Gasteiger charge is -2.29. The van der Waals surface area contributed by atoms with Gasteiger partial charge in [-0.15, -0.1) is 5.06 Å². The third-order valence-electron chi connectivity index (χ3n) is 6.80. The van der Waals surface area contributed by atoms with E-state index in [-0.39, 0.29) is 11.4 Å². The average molecular weight is 536 g/mol. The molecule has 8 nitrogen and oxygen atoms in total. The van der Waals surface area contributed by atoms with Gasteiger partial charge >= 0.3 is 5.97 Å². The lowest BCUT2D eigenvalue weighted by molar-refractivity contribution is -0.193. The van der Waals surface area contributed by atoms with Crippen molar-refractivity contribution in [2.45, 2.75) is 19.0 Å². The Morgan fingerprint density at radius 3 is 1.95 bits per heavy atom. The van der Waals surface area contributed by atoms with Crippen LogP contribution >= 0.6 is 0 Å². The summed E-state index contributed by atoms with van der Waals surface area (Å²) in [4.78, 5) is 35.6. The third-order valence-corrected chi connectivity index (χ3v) is 6.80. The SMILES string of the molecule is COc1ccnc(C(=O)NC(C)C(=O)ON(C)C(c2ccc3ccccc3c2)c2ccc3ccccc3c2)c1O. The molecule has 5 rings (SSSR count). The molecule has 1 unspecified atom stereocenters. The number of methoxy groups -OCH3 is 1. The summed E-state index contributed by atoms with van der Waals surface area (Å²) in [6.45, 7) is 1.51. The highest BCUT2D eigenvalue weighted by Crippen LogP contribution is 2.32. The van der Waals surface area contributed by atoms with Crippen LogP contribution in [0.5, 0.6) is 11.5 Å². The Bertz CT molecular complexity index is 1620. The van der Waals surface area contributed by atoms with Gasteiger partial charge in [-0.2, -0.15) is 0 Å². The number of hydroxylamine groups is 2. The molecule has 1 heterocycles. The van der Waals surface area contributed by atoms with E-state index in [2.05, 4.69) is 22.4 Å². The predicted octanol–water partition coefficient (Wildman–Crippen LogP) is 5.40. The van der Waals surface area contributed by atoms with Gasteiger partial charge in [-0.1, -0.05) is 72.8 Å². The quantitative estimate of drug-likeness (QED) is 0.257. The van der Waals surface area contributed by atoms with Crippen molar-refractivity contribution in [1.29, 1.82) is 0 Å². The van der Waals surface area contributed by atoms with Gasteiger partial charge < -0.3 is 20.0 Å². The van der Waals surface area contributed by atoms with Crippen LogP contribution in [-0.2, 0) is 9.63 Å². The van der Waals surface area contributed by atoms with Crippen LogP contribution in [0.4, 0.5) is 0 Å². The van der Waals surface area contributed by atoms with Gasteiger partial charge in [0, 0.05) is 19.3 Å². The first-order valence-corrected chi connectivity index (χ1v) is 12.8. The van der Waals surface area contributed by atoms with Crippen molar-refractivity contribution in [3.05, 3.63) is 114 Å². The zero-order valence-corrected chi connectivity index (χ0v) is 22.4. The Morgan fingerprint density at radius 1 is 0.850 bits per heavy atom. The number of amides is 1. The van der Waals surface area contributed by atoms with E-state index in [0.29, 0.717) is 0 Å². The van der Waals surface area contributed by atoms with Gasteiger partial charge in [0.1, 0.15) is 6.04 Å². The number of hydrogen-bond donors (Lipinski definition) is 2. The maximum absolute atomic E-state index is 13.1. The van der Waals surface area contributed by atoms with Gasteiger partial charge in [-0.25, -0.2) is 9.78 Å². The number of pyridine rings is 1. The van der Waals surface area contributed by atoms with E-state index in [1.54, 1.807) is 7.05 Å². The zero-order valence-electron chi connectivity index (χ0n) is 22.4. The molecule has 0 aliphatic heterocycles. The second kappa shape index (κ2) is 11.4. The number of ether oxygens (including phenoxy) is 1. The Labute approximate surface area is 231 Å². The number of carbonyl (C=O) groups excluding carboxylic acids is 2. The molecule has 8 heteroatoms. The van der Waals surface area contributed by atoms with Crippen LogP contribution in [-0.4, -0.2) is 47.2 Å². The van der Waals surface area contributed by atoms with Crippen LogP contribution in [0, 0.1) is 0 Å². The average Bonchev–Trinajstić information content (AvgIpc) is 2.97. The molecule has 0 fully saturated rings. The number of nitrogens with one attached hydrogen (secondary N) is 1. The fourth-order valence-corrected chi connectivity index (χ4v) is 4.73. The van der Waals surface area contributed by atoms with Crippen molar-refractivity contribution >= 4 is 33.4 Å². The number of hydrogen-bond acceptors (Lipinski definition) is 7. The summed E-state index contributed by atoms with van der Waals surface area (Å²) in [6.07, 6.45) is 1.34. The van der Waals surface area contributed by atoms with Crippen molar-refractivity contribution in [3.8, 4) is 11.5 Å². The first-order chi connectivity index (χ1) is 19.4. The number of aromatic hydroxyl groups is 1. The molecule has 202 valence electrons. The molecule has 4 aromatic carbocycles. The minimum atomic E-state index is -1.03. The molecule has 0 saturated heterocycles. The summed E-state index contributed by atoms with van der Waals surface area (Å²) in [5.41, 5.74) is 1.62. The van der Waals surface area contributed by atoms with E-state index in [0.717, 1.165) is 32.7 Å². The number of rotatable bonds is 8. The second-order valence-electron chi connectivity index (χ2n) is 9.48. The Kier molecular flexibility index (Phi) is 7.61. The minimum absolute atomic E-state index is 0.101. The summed E-state index contributed by atoms with van der Waals surface area (Å²) in [5, 5.41) is 18.6. The lowest BCUT2D eigenvalue weighted by atomic mass is 9.94. The molecule has 1 aromatic heterocycles. The van der Waals surface area contributed by atoms with E-state index < -0.39 is 29.7 Å². The highest BCUT2D eigenvalue weighted by molar-refractivity contribution is 5.97. The van der Waals surface area contributed by atoms with Gasteiger partial charge in [0.05, 0.1) is 13.2 Å². The van der Waals surface area contributed by atoms with Gasteiger partial charge in [0.2, 0.25) is 0 Å². The Morgan fingerprint density at radius 2 is 1.40 bits per heavy atom. The fraction of sp³-hybridized carbons (Fsp3) is 0.156. The minimum Gasteiger partial charge on any atom is -0.503 e. The number of aromatic nitrogens is 1. The lowest BCUT2D eigenvalue weighted by Crippen LogP contribution is -2.42. The molecule has 0 aliphatic carbocycles. The van der Waals surface area contributed by atoms with Crippen molar-refractivity contribution in [1.82, 2.24) is 15.4 Å². The van der Waals surface area contributed by atoms with Crippen molar-refractivity contribution in [2.24, 2.45) is 0 Å². The molecule has 1 atom stereocenters. The van der Waals surface area contributed by atoms with E-state index in [9.17, 15) is 14.7 Å². The van der Waals surface area contributed by atoms with E-state index >= 15 is 0 Å². The zero-order chi connectivity index (χ0) is 28.2. The van der Waals surface area contributed by atoms with Gasteiger partial charge in [-0.05, 0) is 51.7 Å². The van der Waals surface area contributed by atoms with Gasteiger partial charge in [0.25, 0.3) is 5.91 Å². The second-order valence-corrected chi connectivity index (χ2v) is 9.48. The molecular formula is C32H29N3O5. The molecule has 40 heavy (non-hydrogen) atoms. The summed E-state index contributed by atoms with van der Waals surface area (Å²) < 4.78 is 5.04. The van der Waals surface area contributed by atoms with Crippen LogP contribution in [0.1, 0.15) is 34.6 Å². The summed E-state index contributed by atoms with van der Waals surface area (Å²) in [5.74, 6) is -1.72. The Hall–Kier alpha value is -4.95. The molecule has 0 radical (unpaired) electrons. The first-order valence-electron chi connectivity index (χ1n) is 12.8. The molecular weight excluding hydrogens is 506 g/mol. The van der Waals surface area contributed by atoms with Gasteiger partial charge in [0.15, 0.2) is 17.2 Å². The summed E-state index contributed by atoms with van der Waals surface area (Å²) >= 11 is 0. The maximum atomic E-state index is 13.1. The van der Waals surface area contributed by atoms with E-state index in [1.807, 2.05) is 72.8 Å². The van der Waals surface area contributed by atoms with Gasteiger partial charge in [-0.3, -0.25) is 4.79 Å². The van der Waals surface area contributed by atoms with Crippen molar-refractivity contribution in [2.75, 3.05) is 14.2 Å². The third kappa shape index (κ3) is 5.43. The predicted molar refractivity (Wildman–Crippen MR) is 153 cm³/mol. The standard InChI is InChI=1S/C32H29N3O5/c1-20(34-31(37)28-30(36)27(39-3)16-17-33-28)32(38)40-35(2)29(25-14-12-21-8-4-6-10-23(21)18-25)26-15-13-22-9-5-7-11-24(22)19-26/h4-20,29,36H,1-3H3,(H,34,37). The Balaban J connectivity index is 1.41. The number of benzene rings is 4. The molecule has 5 aromatic rings. The first kappa shape index (κ1) is 26.6. The van der Waals surface area contributed by atoms with E-state index in [4.69, 9.17) is 9.57 Å². The van der Waals surface area contributed by atoms with Crippen LogP contribution in [0.25, 0.3) is 21.5 Å². The van der Waals surface area contributed by atoms with Crippen LogP contribution < -0.4 is 10.1 Å². The molecule has 0 aliphatic rings. The fourth-order valence-electron chi connectivity index (χ4n) is 4.73. The van der Waals surface area contributed by atoms with Crippen molar-refractivity contribution < 1.29 is 24.3 Å². The smallest absolute Gasteiger partial charge is 0.347 e. The molecule has 2 N–H and O–H groups in total. The summed E-state index contributed by atoms with van der Waals surface area (Å²) in [6, 6.07) is 28.4. The monoisotopic (exact) mass is 535 g/mol. The highest BCUT2D eigenvalue weighted by atomic mass is 16.7. The van der Waals surface area contributed by atoms with Crippen molar-refractivity contribution in [3.63, 3.8) is 0 Å². The topological polar surface area (TPSA) is 101 Å².